The minimum Gasteiger partial charge on any atom is -0.390 e. The van der Waals surface area contributed by atoms with Gasteiger partial charge in [0.1, 0.15) is 18.3 Å². The zero-order valence-corrected chi connectivity index (χ0v) is 10.5. The van der Waals surface area contributed by atoms with Crippen molar-refractivity contribution in [3.05, 3.63) is 35.4 Å². The first-order chi connectivity index (χ1) is 9.59. The molecule has 6 nitrogen and oxygen atoms in total. The number of rotatable bonds is 1. The molecule has 0 spiro atoms. The van der Waals surface area contributed by atoms with Gasteiger partial charge in [-0.3, -0.25) is 14.5 Å². The van der Waals surface area contributed by atoms with Gasteiger partial charge in [-0.25, -0.2) is 0 Å². The van der Waals surface area contributed by atoms with E-state index in [9.17, 15) is 19.8 Å². The lowest BCUT2D eigenvalue weighted by Crippen LogP contribution is -2.52. The van der Waals surface area contributed by atoms with Crippen LogP contribution in [0, 0.1) is 0 Å². The Hall–Kier alpha value is -1.76. The monoisotopic (exact) mass is 275 g/mol. The van der Waals surface area contributed by atoms with Gasteiger partial charge in [0.25, 0.3) is 11.8 Å². The molecule has 1 aromatic carbocycles. The van der Waals surface area contributed by atoms with Gasteiger partial charge in [-0.15, -0.1) is 0 Å². The van der Waals surface area contributed by atoms with E-state index in [2.05, 4.69) is 0 Å². The molecule has 0 bridgehead atoms. The van der Waals surface area contributed by atoms with Crippen molar-refractivity contribution in [3.63, 3.8) is 0 Å². The summed E-state index contributed by atoms with van der Waals surface area (Å²) in [6.07, 6.45) is -2.61. The van der Waals surface area contributed by atoms with Gasteiger partial charge in [-0.05, 0) is 18.6 Å². The summed E-state index contributed by atoms with van der Waals surface area (Å²) in [4.78, 5) is 25.9. The van der Waals surface area contributed by atoms with Crippen LogP contribution in [0.2, 0.25) is 0 Å². The Kier molecular flexibility index (Phi) is 2.33. The molecule has 2 N–H and O–H groups in total. The highest BCUT2D eigenvalue weighted by Gasteiger charge is 2.60. The number of aliphatic hydroxyl groups is 2. The van der Waals surface area contributed by atoms with Crippen LogP contribution < -0.4 is 0 Å². The van der Waals surface area contributed by atoms with E-state index in [0.29, 0.717) is 11.1 Å². The van der Waals surface area contributed by atoms with Crippen LogP contribution in [0.4, 0.5) is 0 Å². The zero-order chi connectivity index (χ0) is 14.0. The van der Waals surface area contributed by atoms with Crippen molar-refractivity contribution < 1.29 is 24.5 Å². The Labute approximate surface area is 114 Å². The normalized spacial score (nSPS) is 38.7. The number of hydrogen-bond donors (Lipinski definition) is 2. The highest BCUT2D eigenvalue weighted by molar-refractivity contribution is 6.21. The van der Waals surface area contributed by atoms with Gasteiger partial charge in [0.15, 0.2) is 0 Å². The van der Waals surface area contributed by atoms with Crippen LogP contribution in [0.5, 0.6) is 0 Å². The summed E-state index contributed by atoms with van der Waals surface area (Å²) < 4.78 is 5.32. The first-order valence-electron chi connectivity index (χ1n) is 6.58. The maximum atomic E-state index is 12.4. The topological polar surface area (TPSA) is 90.4 Å². The van der Waals surface area contributed by atoms with Gasteiger partial charge < -0.3 is 14.9 Å². The molecule has 4 rings (SSSR count). The second-order valence-corrected chi connectivity index (χ2v) is 5.45. The summed E-state index contributed by atoms with van der Waals surface area (Å²) >= 11 is 0. The standard InChI is InChI=1S/C14H13NO5/c16-9-5-8(11-12(20-11)10(9)17)15-13(18)6-3-1-2-4-7(6)14(15)19/h1-4,8-12,16-17H,5H2/t8-,9-,10-,11+,12-/m1/s1. The number of ether oxygens (including phenoxy) is 1. The van der Waals surface area contributed by atoms with Gasteiger partial charge in [0, 0.05) is 0 Å². The molecule has 0 unspecified atom stereocenters. The quantitative estimate of drug-likeness (QED) is 0.535. The summed E-state index contributed by atoms with van der Waals surface area (Å²) in [6.45, 7) is 0. The van der Waals surface area contributed by atoms with E-state index in [1.807, 2.05) is 0 Å². The lowest BCUT2D eigenvalue weighted by Gasteiger charge is -2.31. The van der Waals surface area contributed by atoms with Crippen molar-refractivity contribution in [1.29, 1.82) is 0 Å². The van der Waals surface area contributed by atoms with Crippen molar-refractivity contribution in [1.82, 2.24) is 4.90 Å². The molecule has 2 amide bonds. The molecular formula is C14H13NO5. The van der Waals surface area contributed by atoms with Gasteiger partial charge in [0.2, 0.25) is 0 Å². The van der Waals surface area contributed by atoms with Crippen LogP contribution >= 0.6 is 0 Å². The first kappa shape index (κ1) is 12.0. The maximum absolute atomic E-state index is 12.4. The Morgan fingerprint density at radius 2 is 1.65 bits per heavy atom. The SMILES string of the molecule is O=C1c2ccccc2C(=O)N1[C@@H]1C[C@@H](O)[C@@H](O)[C@H]2O[C@H]21. The molecule has 1 aliphatic carbocycles. The van der Waals surface area contributed by atoms with E-state index >= 15 is 0 Å². The Balaban J connectivity index is 1.68. The van der Waals surface area contributed by atoms with Crippen LogP contribution in [-0.2, 0) is 4.74 Å². The highest BCUT2D eigenvalue weighted by Crippen LogP contribution is 2.41. The zero-order valence-electron chi connectivity index (χ0n) is 10.5. The fourth-order valence-corrected chi connectivity index (χ4v) is 3.22. The van der Waals surface area contributed by atoms with Crippen LogP contribution in [0.3, 0.4) is 0 Å². The fraction of sp³-hybridized carbons (Fsp3) is 0.429. The van der Waals surface area contributed by atoms with E-state index in [4.69, 9.17) is 4.74 Å². The molecule has 1 aromatic rings. The molecule has 6 heteroatoms. The third-order valence-electron chi connectivity index (χ3n) is 4.31. The number of imide groups is 1. The molecule has 2 aliphatic heterocycles. The van der Waals surface area contributed by atoms with Crippen molar-refractivity contribution >= 4 is 11.8 Å². The summed E-state index contributed by atoms with van der Waals surface area (Å²) in [5.74, 6) is -0.707. The number of carbonyl (C=O) groups is 2. The average Bonchev–Trinajstić information content (AvgIpc) is 3.20. The van der Waals surface area contributed by atoms with Crippen molar-refractivity contribution in [3.8, 4) is 0 Å². The second-order valence-electron chi connectivity index (χ2n) is 5.45. The number of benzene rings is 1. The Morgan fingerprint density at radius 3 is 2.25 bits per heavy atom. The number of carbonyl (C=O) groups excluding carboxylic acids is 2. The van der Waals surface area contributed by atoms with Gasteiger partial charge >= 0.3 is 0 Å². The van der Waals surface area contributed by atoms with Gasteiger partial charge in [0.05, 0.1) is 23.3 Å². The number of nitrogens with zero attached hydrogens (tertiary/aromatic N) is 1. The molecule has 0 radical (unpaired) electrons. The van der Waals surface area contributed by atoms with E-state index in [0.717, 1.165) is 0 Å². The average molecular weight is 275 g/mol. The minimum atomic E-state index is -0.979. The van der Waals surface area contributed by atoms with E-state index in [1.54, 1.807) is 24.3 Å². The predicted octanol–water partition coefficient (Wildman–Crippen LogP) is -0.456. The van der Waals surface area contributed by atoms with Crippen molar-refractivity contribution in [2.75, 3.05) is 0 Å². The molecule has 0 aromatic heterocycles. The lowest BCUT2D eigenvalue weighted by atomic mass is 9.89. The molecular weight excluding hydrogens is 262 g/mol. The third-order valence-corrected chi connectivity index (χ3v) is 4.31. The molecule has 2 fully saturated rings. The van der Waals surface area contributed by atoms with Crippen molar-refractivity contribution in [2.45, 2.75) is 36.9 Å². The largest absolute Gasteiger partial charge is 0.390 e. The van der Waals surface area contributed by atoms with E-state index in [1.165, 1.54) is 4.90 Å². The maximum Gasteiger partial charge on any atom is 0.261 e. The number of epoxide rings is 1. The first-order valence-corrected chi connectivity index (χ1v) is 6.58. The number of aliphatic hydroxyl groups excluding tert-OH is 2. The summed E-state index contributed by atoms with van der Waals surface area (Å²) in [6, 6.07) is 6.15. The van der Waals surface area contributed by atoms with Crippen LogP contribution in [0.1, 0.15) is 27.1 Å². The molecule has 104 valence electrons. The number of amides is 2. The minimum absolute atomic E-state index is 0.147. The summed E-state index contributed by atoms with van der Waals surface area (Å²) in [5.41, 5.74) is 0.769. The van der Waals surface area contributed by atoms with Gasteiger partial charge in [-0.1, -0.05) is 12.1 Å². The smallest absolute Gasteiger partial charge is 0.261 e. The number of hydrogen-bond acceptors (Lipinski definition) is 5. The fourth-order valence-electron chi connectivity index (χ4n) is 3.22. The molecule has 20 heavy (non-hydrogen) atoms. The van der Waals surface area contributed by atoms with E-state index in [-0.39, 0.29) is 24.3 Å². The third kappa shape index (κ3) is 1.44. The van der Waals surface area contributed by atoms with Crippen LogP contribution in [0.25, 0.3) is 0 Å². The Bertz CT molecular complexity index is 578. The molecule has 1 saturated heterocycles. The van der Waals surface area contributed by atoms with Crippen LogP contribution in [0.15, 0.2) is 24.3 Å². The molecule has 3 aliphatic rings. The number of fused-ring (bicyclic) bond motifs is 2. The van der Waals surface area contributed by atoms with Crippen molar-refractivity contribution in [2.24, 2.45) is 0 Å². The Morgan fingerprint density at radius 1 is 1.05 bits per heavy atom. The van der Waals surface area contributed by atoms with Gasteiger partial charge in [-0.2, -0.15) is 0 Å². The second kappa shape index (κ2) is 3.88. The lowest BCUT2D eigenvalue weighted by molar-refractivity contribution is -0.0196. The summed E-state index contributed by atoms with van der Waals surface area (Å²) in [7, 11) is 0. The highest BCUT2D eigenvalue weighted by atomic mass is 16.6. The van der Waals surface area contributed by atoms with E-state index < -0.39 is 24.4 Å². The predicted molar refractivity (Wildman–Crippen MR) is 66.0 cm³/mol. The molecule has 1 saturated carbocycles. The molecule has 5 atom stereocenters. The summed E-state index contributed by atoms with van der Waals surface area (Å²) in [5, 5.41) is 19.5. The molecule has 2 heterocycles. The van der Waals surface area contributed by atoms with Crippen LogP contribution in [-0.4, -0.2) is 57.4 Å².